The summed E-state index contributed by atoms with van der Waals surface area (Å²) in [5.74, 6) is 0. The summed E-state index contributed by atoms with van der Waals surface area (Å²) in [6.07, 6.45) is 29.7. The Hall–Kier alpha value is -8.60. The Kier molecular flexibility index (Phi) is 11.5. The summed E-state index contributed by atoms with van der Waals surface area (Å²) >= 11 is 0. The van der Waals surface area contributed by atoms with Crippen molar-refractivity contribution >= 4 is 50.4 Å². The van der Waals surface area contributed by atoms with Crippen LogP contribution in [0.15, 0.2) is 267 Å². The Morgan fingerprint density at radius 1 is 0.469 bits per heavy atom. The van der Waals surface area contributed by atoms with Crippen LogP contribution in [0.1, 0.15) is 22.3 Å². The van der Waals surface area contributed by atoms with Crippen molar-refractivity contribution in [2.75, 3.05) is 10.6 Å². The molecule has 3 N–H and O–H groups in total. The minimum atomic E-state index is 0.888. The fourth-order valence-electron chi connectivity index (χ4n) is 8.56. The van der Waals surface area contributed by atoms with Crippen LogP contribution < -0.4 is 16.0 Å². The highest BCUT2D eigenvalue weighted by Gasteiger charge is 2.22. The molecule has 0 atom stereocenters. The maximum atomic E-state index is 3.67. The molecule has 64 heavy (non-hydrogen) atoms. The van der Waals surface area contributed by atoms with Crippen LogP contribution in [0.4, 0.5) is 11.4 Å². The summed E-state index contributed by atoms with van der Waals surface area (Å²) in [6.45, 7) is 0. The Morgan fingerprint density at radius 3 is 2.03 bits per heavy atom. The van der Waals surface area contributed by atoms with E-state index in [9.17, 15) is 0 Å². The average Bonchev–Trinajstić information content (AvgIpc) is 3.68. The topological polar surface area (TPSA) is 41.0 Å². The van der Waals surface area contributed by atoms with Crippen molar-refractivity contribution in [3.63, 3.8) is 0 Å². The lowest BCUT2D eigenvalue weighted by molar-refractivity contribution is 1.10. The third-order valence-corrected chi connectivity index (χ3v) is 11.6. The lowest BCUT2D eigenvalue weighted by atomic mass is 9.86. The van der Waals surface area contributed by atoms with E-state index in [0.29, 0.717) is 0 Å². The highest BCUT2D eigenvalue weighted by Crippen LogP contribution is 2.43. The number of aromatic nitrogens is 1. The molecule has 7 aromatic carbocycles. The van der Waals surface area contributed by atoms with Crippen molar-refractivity contribution in [3.05, 3.63) is 289 Å². The first-order chi connectivity index (χ1) is 31.8. The fourth-order valence-corrected chi connectivity index (χ4v) is 8.56. The molecular formula is C60H46N4. The van der Waals surface area contributed by atoms with Crippen molar-refractivity contribution < 1.29 is 0 Å². The number of fused-ring (bicyclic) bond motifs is 8. The Morgan fingerprint density at radius 2 is 1.17 bits per heavy atom. The SMILES string of the molecule is C1=C/C=C/NC(=C\Nc2ccccc2)/C=C\C2=C(\c3ccccc3N/C=C/C=C(c3ccccc3)\C=C/2)c2ccc3c(c2C=C1)c1ccccc1n3-c1cccc(-c2ccccc2)c1. The second-order valence-electron chi connectivity index (χ2n) is 15.6. The molecule has 2 aliphatic heterocycles. The molecule has 8 aromatic rings. The molecule has 0 spiro atoms. The zero-order valence-electron chi connectivity index (χ0n) is 35.3. The van der Waals surface area contributed by atoms with Crippen LogP contribution in [0, 0.1) is 0 Å². The number of allylic oxidation sites excluding steroid dienone is 12. The van der Waals surface area contributed by atoms with Crippen LogP contribution >= 0.6 is 0 Å². The molecule has 0 amide bonds. The molecule has 0 saturated carbocycles. The van der Waals surface area contributed by atoms with Gasteiger partial charge >= 0.3 is 0 Å². The first-order valence-electron chi connectivity index (χ1n) is 21.7. The minimum Gasteiger partial charge on any atom is -0.361 e. The lowest BCUT2D eigenvalue weighted by Gasteiger charge is -2.20. The molecule has 0 fully saturated rings. The van der Waals surface area contributed by atoms with Crippen LogP contribution in [0.2, 0.25) is 0 Å². The molecule has 306 valence electrons. The zero-order valence-corrected chi connectivity index (χ0v) is 35.3. The van der Waals surface area contributed by atoms with E-state index in [0.717, 1.165) is 72.8 Å². The van der Waals surface area contributed by atoms with Gasteiger partial charge in [-0.15, -0.1) is 0 Å². The van der Waals surface area contributed by atoms with E-state index in [1.165, 1.54) is 21.9 Å². The summed E-state index contributed by atoms with van der Waals surface area (Å²) in [4.78, 5) is 0. The maximum absolute atomic E-state index is 3.67. The van der Waals surface area contributed by atoms with E-state index >= 15 is 0 Å². The van der Waals surface area contributed by atoms with E-state index < -0.39 is 0 Å². The lowest BCUT2D eigenvalue weighted by Crippen LogP contribution is -2.05. The van der Waals surface area contributed by atoms with Gasteiger partial charge in [0.15, 0.2) is 0 Å². The van der Waals surface area contributed by atoms with Crippen molar-refractivity contribution in [1.29, 1.82) is 0 Å². The highest BCUT2D eigenvalue weighted by atomic mass is 15.0. The van der Waals surface area contributed by atoms with Gasteiger partial charge in [-0.05, 0) is 105 Å². The zero-order chi connectivity index (χ0) is 42.9. The minimum absolute atomic E-state index is 0.888. The molecule has 2 aliphatic rings. The van der Waals surface area contributed by atoms with Gasteiger partial charge in [-0.3, -0.25) is 0 Å². The van der Waals surface area contributed by atoms with Gasteiger partial charge in [0.25, 0.3) is 0 Å². The Bertz CT molecular complexity index is 3260. The van der Waals surface area contributed by atoms with E-state index in [1.54, 1.807) is 0 Å². The molecule has 4 heteroatoms. The number of rotatable bonds is 5. The largest absolute Gasteiger partial charge is 0.361 e. The van der Waals surface area contributed by atoms with E-state index in [2.05, 4.69) is 239 Å². The standard InChI is InChI=1S/C60H46N4/c1-2-17-40-61-50(43-63-49-26-10-5-11-27-49)37-36-47-35-34-46(44-20-6-3-7-21-44)25-19-41-62-56-32-15-13-30-54(56)59(47)53-38-39-58-60(52(53)29-12-1)55-31-14-16-33-57(55)64(58)51-28-18-24-48(42-51)45-22-8-4-9-23-45/h1-43,61-63H/b2-1?,29-12?,35-34-,37-36-,40-17+,41-19+,46-25+,50-43-,59-47+. The van der Waals surface area contributed by atoms with E-state index in [-0.39, 0.29) is 0 Å². The molecule has 0 unspecified atom stereocenters. The van der Waals surface area contributed by atoms with Crippen molar-refractivity contribution in [2.24, 2.45) is 0 Å². The van der Waals surface area contributed by atoms with Gasteiger partial charge in [-0.25, -0.2) is 0 Å². The predicted molar refractivity (Wildman–Crippen MR) is 273 cm³/mol. The van der Waals surface area contributed by atoms with Crippen LogP contribution in [0.3, 0.4) is 0 Å². The monoisotopic (exact) mass is 822 g/mol. The summed E-state index contributed by atoms with van der Waals surface area (Å²) in [6, 6.07) is 62.3. The number of anilines is 2. The number of nitrogens with zero attached hydrogens (tertiary/aromatic N) is 1. The highest BCUT2D eigenvalue weighted by molar-refractivity contribution is 6.15. The van der Waals surface area contributed by atoms with Crippen molar-refractivity contribution in [2.45, 2.75) is 0 Å². The van der Waals surface area contributed by atoms with Gasteiger partial charge in [0.2, 0.25) is 0 Å². The Labute approximate surface area is 374 Å². The molecule has 4 nitrogen and oxygen atoms in total. The summed E-state index contributed by atoms with van der Waals surface area (Å²) < 4.78 is 2.42. The number of para-hydroxylation sites is 3. The van der Waals surface area contributed by atoms with Crippen molar-refractivity contribution in [1.82, 2.24) is 9.88 Å². The number of hydrogen-bond donors (Lipinski definition) is 3. The number of nitrogens with one attached hydrogen (secondary N) is 3. The Balaban J connectivity index is 1.27. The fraction of sp³-hybridized carbons (Fsp3) is 0. The molecule has 0 radical (unpaired) electrons. The van der Waals surface area contributed by atoms with E-state index in [4.69, 9.17) is 0 Å². The molecule has 1 aromatic heterocycles. The quantitative estimate of drug-likeness (QED) is 0.162. The summed E-state index contributed by atoms with van der Waals surface area (Å²) in [5.41, 5.74) is 16.3. The smallest absolute Gasteiger partial charge is 0.0547 e. The number of benzene rings is 7. The van der Waals surface area contributed by atoms with Crippen LogP contribution in [-0.2, 0) is 0 Å². The molecule has 3 heterocycles. The first kappa shape index (κ1) is 39.5. The molecule has 0 saturated heterocycles. The molecular weight excluding hydrogens is 777 g/mol. The van der Waals surface area contributed by atoms with Crippen molar-refractivity contribution in [3.8, 4) is 16.8 Å². The maximum Gasteiger partial charge on any atom is 0.0547 e. The third-order valence-electron chi connectivity index (χ3n) is 11.6. The number of hydrogen-bond acceptors (Lipinski definition) is 3. The van der Waals surface area contributed by atoms with E-state index in [1.807, 2.05) is 42.9 Å². The summed E-state index contributed by atoms with van der Waals surface area (Å²) in [5, 5.41) is 13.1. The van der Waals surface area contributed by atoms with Gasteiger partial charge in [-0.1, -0.05) is 182 Å². The van der Waals surface area contributed by atoms with Crippen LogP contribution in [0.25, 0.3) is 55.8 Å². The summed E-state index contributed by atoms with van der Waals surface area (Å²) in [7, 11) is 0. The van der Waals surface area contributed by atoms with Gasteiger partial charge < -0.3 is 20.5 Å². The second kappa shape index (κ2) is 18.6. The molecule has 0 bridgehead atoms. The predicted octanol–water partition coefficient (Wildman–Crippen LogP) is 15.0. The molecule has 0 aliphatic carbocycles. The second-order valence-corrected chi connectivity index (χ2v) is 15.6. The van der Waals surface area contributed by atoms with Gasteiger partial charge in [0.1, 0.15) is 0 Å². The first-order valence-corrected chi connectivity index (χ1v) is 21.7. The van der Waals surface area contributed by atoms with Crippen LogP contribution in [-0.4, -0.2) is 4.57 Å². The van der Waals surface area contributed by atoms with Gasteiger partial charge in [-0.2, -0.15) is 0 Å². The molecule has 10 rings (SSSR count). The van der Waals surface area contributed by atoms with Gasteiger partial charge in [0, 0.05) is 52.0 Å². The average molecular weight is 823 g/mol. The third kappa shape index (κ3) is 8.36. The normalized spacial score (nSPS) is 18.4. The van der Waals surface area contributed by atoms with Crippen LogP contribution in [0.5, 0.6) is 0 Å². The van der Waals surface area contributed by atoms with Gasteiger partial charge in [0.05, 0.1) is 16.7 Å².